The van der Waals surface area contributed by atoms with Crippen LogP contribution in [0.5, 0.6) is 0 Å². The summed E-state index contributed by atoms with van der Waals surface area (Å²) in [4.78, 5) is 14.9. The molecule has 13 heavy (non-hydrogen) atoms. The van der Waals surface area contributed by atoms with E-state index in [1.807, 2.05) is 12.1 Å². The minimum atomic E-state index is -0.0828. The molecule has 0 bridgehead atoms. The van der Waals surface area contributed by atoms with E-state index in [2.05, 4.69) is 24.1 Å². The second-order valence-electron chi connectivity index (χ2n) is 3.28. The van der Waals surface area contributed by atoms with Crippen molar-refractivity contribution in [2.45, 2.75) is 26.7 Å². The Hall–Kier alpha value is -1.38. The Morgan fingerprint density at radius 1 is 1.54 bits per heavy atom. The Balaban J connectivity index is 2.97. The summed E-state index contributed by atoms with van der Waals surface area (Å²) in [5, 5.41) is 2.70. The van der Waals surface area contributed by atoms with Crippen LogP contribution >= 0.6 is 0 Å². The van der Waals surface area contributed by atoms with Gasteiger partial charge in [-0.15, -0.1) is 0 Å². The lowest BCUT2D eigenvalue weighted by molar-refractivity contribution is -0.114. The molecule has 0 atom stereocenters. The van der Waals surface area contributed by atoms with Crippen molar-refractivity contribution < 1.29 is 4.79 Å². The molecule has 3 nitrogen and oxygen atoms in total. The van der Waals surface area contributed by atoms with E-state index in [1.165, 1.54) is 6.92 Å². The number of carbonyl (C=O) groups excluding carboxylic acids is 1. The van der Waals surface area contributed by atoms with Gasteiger partial charge in [-0.3, -0.25) is 4.79 Å². The molecule has 0 unspecified atom stereocenters. The summed E-state index contributed by atoms with van der Waals surface area (Å²) in [5.74, 6) is 0.959. The number of aromatic nitrogens is 1. The molecule has 1 N–H and O–H groups in total. The van der Waals surface area contributed by atoms with Crippen molar-refractivity contribution in [1.29, 1.82) is 0 Å². The molecule has 1 aromatic rings. The van der Waals surface area contributed by atoms with Crippen molar-refractivity contribution in [3.05, 3.63) is 23.9 Å². The highest BCUT2D eigenvalue weighted by molar-refractivity contribution is 5.88. The minimum Gasteiger partial charge on any atom is -0.311 e. The summed E-state index contributed by atoms with van der Waals surface area (Å²) >= 11 is 0. The molecule has 0 saturated carbocycles. The zero-order chi connectivity index (χ0) is 9.84. The Morgan fingerprint density at radius 3 is 2.77 bits per heavy atom. The fraction of sp³-hybridized carbons (Fsp3) is 0.400. The molecule has 0 spiro atoms. The normalized spacial score (nSPS) is 10.2. The zero-order valence-electron chi connectivity index (χ0n) is 8.16. The van der Waals surface area contributed by atoms with E-state index in [9.17, 15) is 4.79 Å². The van der Waals surface area contributed by atoms with E-state index < -0.39 is 0 Å². The summed E-state index contributed by atoms with van der Waals surface area (Å²) in [5.41, 5.74) is 1.07. The van der Waals surface area contributed by atoms with E-state index in [0.717, 1.165) is 5.56 Å². The average molecular weight is 178 g/mol. The van der Waals surface area contributed by atoms with E-state index >= 15 is 0 Å². The van der Waals surface area contributed by atoms with Crippen molar-refractivity contribution in [3.8, 4) is 0 Å². The van der Waals surface area contributed by atoms with Gasteiger partial charge in [-0.05, 0) is 17.5 Å². The molecule has 1 rings (SSSR count). The summed E-state index contributed by atoms with van der Waals surface area (Å²) in [7, 11) is 0. The number of hydrogen-bond donors (Lipinski definition) is 1. The lowest BCUT2D eigenvalue weighted by atomic mass is 10.0. The molecule has 0 aliphatic heterocycles. The molecule has 0 aliphatic rings. The Labute approximate surface area is 78.2 Å². The van der Waals surface area contributed by atoms with Crippen LogP contribution in [0, 0.1) is 0 Å². The van der Waals surface area contributed by atoms with Gasteiger partial charge in [0, 0.05) is 13.1 Å². The SMILES string of the molecule is CC(=O)Nc1ncccc1C(C)C. The van der Waals surface area contributed by atoms with Crippen LogP contribution < -0.4 is 5.32 Å². The topological polar surface area (TPSA) is 42.0 Å². The summed E-state index contributed by atoms with van der Waals surface area (Å²) in [6, 6.07) is 3.85. The number of nitrogens with one attached hydrogen (secondary N) is 1. The molecule has 0 saturated heterocycles. The first kappa shape index (κ1) is 9.71. The standard InChI is InChI=1S/C10H14N2O/c1-7(2)9-5-4-6-11-10(9)12-8(3)13/h4-7H,1-3H3,(H,11,12,13). The van der Waals surface area contributed by atoms with E-state index in [-0.39, 0.29) is 5.91 Å². The third kappa shape index (κ3) is 2.54. The Bertz CT molecular complexity index is 308. The molecule has 1 heterocycles. The first-order valence-corrected chi connectivity index (χ1v) is 4.33. The molecule has 70 valence electrons. The maximum atomic E-state index is 10.8. The van der Waals surface area contributed by atoms with Crippen LogP contribution in [0.3, 0.4) is 0 Å². The maximum absolute atomic E-state index is 10.8. The number of nitrogens with zero attached hydrogens (tertiary/aromatic N) is 1. The van der Waals surface area contributed by atoms with Gasteiger partial charge in [0.2, 0.25) is 5.91 Å². The largest absolute Gasteiger partial charge is 0.311 e. The van der Waals surface area contributed by atoms with Crippen LogP contribution in [-0.4, -0.2) is 10.9 Å². The van der Waals surface area contributed by atoms with Crippen molar-refractivity contribution in [1.82, 2.24) is 4.98 Å². The van der Waals surface area contributed by atoms with E-state index in [4.69, 9.17) is 0 Å². The van der Waals surface area contributed by atoms with Gasteiger partial charge >= 0.3 is 0 Å². The van der Waals surface area contributed by atoms with Gasteiger partial charge in [0.05, 0.1) is 0 Å². The number of rotatable bonds is 2. The number of hydrogen-bond acceptors (Lipinski definition) is 2. The van der Waals surface area contributed by atoms with Crippen LogP contribution in [0.2, 0.25) is 0 Å². The van der Waals surface area contributed by atoms with Gasteiger partial charge in [-0.1, -0.05) is 19.9 Å². The van der Waals surface area contributed by atoms with E-state index in [1.54, 1.807) is 6.20 Å². The molecular weight excluding hydrogens is 164 g/mol. The van der Waals surface area contributed by atoms with Gasteiger partial charge in [0.15, 0.2) is 0 Å². The second kappa shape index (κ2) is 4.03. The highest BCUT2D eigenvalue weighted by atomic mass is 16.1. The molecule has 0 aliphatic carbocycles. The van der Waals surface area contributed by atoms with Crippen LogP contribution in [0.15, 0.2) is 18.3 Å². The Morgan fingerprint density at radius 2 is 2.23 bits per heavy atom. The lowest BCUT2D eigenvalue weighted by Gasteiger charge is -2.10. The maximum Gasteiger partial charge on any atom is 0.222 e. The first-order chi connectivity index (χ1) is 6.11. The van der Waals surface area contributed by atoms with Crippen molar-refractivity contribution in [3.63, 3.8) is 0 Å². The van der Waals surface area contributed by atoms with Crippen LogP contribution in [0.25, 0.3) is 0 Å². The van der Waals surface area contributed by atoms with Crippen LogP contribution in [-0.2, 0) is 4.79 Å². The Kier molecular flexibility index (Phi) is 3.01. The molecule has 3 heteroatoms. The first-order valence-electron chi connectivity index (χ1n) is 4.33. The number of carbonyl (C=O) groups is 1. The average Bonchev–Trinajstić information content (AvgIpc) is 2.03. The highest BCUT2D eigenvalue weighted by Gasteiger charge is 2.07. The van der Waals surface area contributed by atoms with Crippen molar-refractivity contribution in [2.24, 2.45) is 0 Å². The van der Waals surface area contributed by atoms with Gasteiger partial charge in [0.1, 0.15) is 5.82 Å². The van der Waals surface area contributed by atoms with Gasteiger partial charge in [0.25, 0.3) is 0 Å². The van der Waals surface area contributed by atoms with Gasteiger partial charge in [-0.2, -0.15) is 0 Å². The molecular formula is C10H14N2O. The fourth-order valence-corrected chi connectivity index (χ4v) is 1.15. The number of anilines is 1. The van der Waals surface area contributed by atoms with Gasteiger partial charge in [-0.25, -0.2) is 4.98 Å². The van der Waals surface area contributed by atoms with Crippen LogP contribution in [0.1, 0.15) is 32.3 Å². The quantitative estimate of drug-likeness (QED) is 0.754. The van der Waals surface area contributed by atoms with E-state index in [0.29, 0.717) is 11.7 Å². The predicted octanol–water partition coefficient (Wildman–Crippen LogP) is 2.16. The molecule has 0 radical (unpaired) electrons. The van der Waals surface area contributed by atoms with Crippen LogP contribution in [0.4, 0.5) is 5.82 Å². The number of amides is 1. The summed E-state index contributed by atoms with van der Waals surface area (Å²) in [6.45, 7) is 5.63. The predicted molar refractivity (Wildman–Crippen MR) is 52.6 cm³/mol. The lowest BCUT2D eigenvalue weighted by Crippen LogP contribution is -2.10. The van der Waals surface area contributed by atoms with Crippen molar-refractivity contribution >= 4 is 11.7 Å². The fourth-order valence-electron chi connectivity index (χ4n) is 1.15. The minimum absolute atomic E-state index is 0.0828. The molecule has 1 amide bonds. The van der Waals surface area contributed by atoms with Crippen molar-refractivity contribution in [2.75, 3.05) is 5.32 Å². The smallest absolute Gasteiger partial charge is 0.222 e. The van der Waals surface area contributed by atoms with Gasteiger partial charge < -0.3 is 5.32 Å². The molecule has 0 fully saturated rings. The third-order valence-corrected chi connectivity index (χ3v) is 1.76. The summed E-state index contributed by atoms with van der Waals surface area (Å²) in [6.07, 6.45) is 1.68. The summed E-state index contributed by atoms with van der Waals surface area (Å²) < 4.78 is 0. The number of pyridine rings is 1. The third-order valence-electron chi connectivity index (χ3n) is 1.76. The molecule has 0 aromatic carbocycles. The molecule has 1 aromatic heterocycles. The second-order valence-corrected chi connectivity index (χ2v) is 3.28. The monoisotopic (exact) mass is 178 g/mol. The zero-order valence-corrected chi connectivity index (χ0v) is 8.16. The highest BCUT2D eigenvalue weighted by Crippen LogP contribution is 2.20.